The van der Waals surface area contributed by atoms with Crippen molar-refractivity contribution in [3.8, 4) is 0 Å². The van der Waals surface area contributed by atoms with Crippen LogP contribution in [0.15, 0.2) is 46.7 Å². The van der Waals surface area contributed by atoms with E-state index in [1.165, 1.54) is 12.1 Å². The molecule has 1 aromatic carbocycles. The average molecular weight is 297 g/mol. The van der Waals surface area contributed by atoms with E-state index in [0.29, 0.717) is 12.8 Å². The van der Waals surface area contributed by atoms with Gasteiger partial charge in [0.05, 0.1) is 4.90 Å². The molecule has 0 fully saturated rings. The van der Waals surface area contributed by atoms with Crippen molar-refractivity contribution in [3.63, 3.8) is 0 Å². The topological polar surface area (TPSA) is 83.5 Å². The molecular formula is C14H19NO4S. The highest BCUT2D eigenvalue weighted by atomic mass is 32.2. The standard InChI is InChI=1S/C14H19NO4S/c1-2-12(8-10-16)15-14(17)9-11-20(18,19)13-6-4-3-5-7-13/h3-7,9,11-12,16H,2,8,10H2,1H3,(H,15,17)/b11-9+. The third-order valence-electron chi connectivity index (χ3n) is 2.79. The number of carbonyl (C=O) groups excluding carboxylic acids is 1. The fourth-order valence-corrected chi connectivity index (χ4v) is 2.62. The summed E-state index contributed by atoms with van der Waals surface area (Å²) in [4.78, 5) is 11.8. The minimum Gasteiger partial charge on any atom is -0.396 e. The highest BCUT2D eigenvalue weighted by molar-refractivity contribution is 7.94. The number of hydrogen-bond donors (Lipinski definition) is 2. The van der Waals surface area contributed by atoms with Gasteiger partial charge in [0.25, 0.3) is 0 Å². The normalized spacial score (nSPS) is 13.3. The lowest BCUT2D eigenvalue weighted by atomic mass is 10.1. The van der Waals surface area contributed by atoms with E-state index in [1.54, 1.807) is 18.2 Å². The fraction of sp³-hybridized carbons (Fsp3) is 0.357. The molecule has 1 unspecified atom stereocenters. The van der Waals surface area contributed by atoms with Crippen molar-refractivity contribution in [1.82, 2.24) is 5.32 Å². The third-order valence-corrected chi connectivity index (χ3v) is 4.21. The summed E-state index contributed by atoms with van der Waals surface area (Å²) >= 11 is 0. The second-order valence-corrected chi connectivity index (χ2v) is 6.12. The van der Waals surface area contributed by atoms with E-state index < -0.39 is 15.7 Å². The summed E-state index contributed by atoms with van der Waals surface area (Å²) in [7, 11) is -3.60. The van der Waals surface area contributed by atoms with Crippen LogP contribution in [0, 0.1) is 0 Å². The van der Waals surface area contributed by atoms with Crippen LogP contribution in [-0.4, -0.2) is 32.1 Å². The minimum absolute atomic E-state index is 0.0230. The summed E-state index contributed by atoms with van der Waals surface area (Å²) in [6.45, 7) is 1.86. The van der Waals surface area contributed by atoms with Gasteiger partial charge in [-0.2, -0.15) is 0 Å². The van der Waals surface area contributed by atoms with Gasteiger partial charge in [0.15, 0.2) is 9.84 Å². The molecule has 6 heteroatoms. The highest BCUT2D eigenvalue weighted by Crippen LogP contribution is 2.10. The molecule has 0 saturated heterocycles. The molecular weight excluding hydrogens is 278 g/mol. The maximum absolute atomic E-state index is 11.9. The molecule has 1 amide bonds. The maximum Gasteiger partial charge on any atom is 0.244 e. The molecule has 0 saturated carbocycles. The van der Waals surface area contributed by atoms with Gasteiger partial charge >= 0.3 is 0 Å². The first kappa shape index (κ1) is 16.4. The molecule has 0 spiro atoms. The summed E-state index contributed by atoms with van der Waals surface area (Å²) in [5.74, 6) is -0.482. The number of benzene rings is 1. The van der Waals surface area contributed by atoms with Crippen LogP contribution in [0.3, 0.4) is 0 Å². The van der Waals surface area contributed by atoms with Gasteiger partial charge in [-0.25, -0.2) is 8.42 Å². The summed E-state index contributed by atoms with van der Waals surface area (Å²) in [5.41, 5.74) is 0. The lowest BCUT2D eigenvalue weighted by Crippen LogP contribution is -2.33. The molecule has 1 atom stereocenters. The van der Waals surface area contributed by atoms with Gasteiger partial charge in [0, 0.05) is 24.1 Å². The Morgan fingerprint density at radius 2 is 2.00 bits per heavy atom. The van der Waals surface area contributed by atoms with E-state index in [0.717, 1.165) is 11.5 Å². The zero-order chi connectivity index (χ0) is 15.0. The Kier molecular flexibility index (Phi) is 6.41. The number of sulfone groups is 1. The van der Waals surface area contributed by atoms with Crippen molar-refractivity contribution in [2.75, 3.05) is 6.61 Å². The molecule has 0 radical (unpaired) electrons. The Labute approximate surface area is 119 Å². The van der Waals surface area contributed by atoms with Gasteiger partial charge < -0.3 is 10.4 Å². The molecule has 110 valence electrons. The van der Waals surface area contributed by atoms with Crippen LogP contribution in [0.1, 0.15) is 19.8 Å². The molecule has 0 aliphatic heterocycles. The fourth-order valence-electron chi connectivity index (χ4n) is 1.62. The van der Waals surface area contributed by atoms with E-state index in [9.17, 15) is 13.2 Å². The Balaban J connectivity index is 2.70. The van der Waals surface area contributed by atoms with Crippen LogP contribution in [0.25, 0.3) is 0 Å². The summed E-state index contributed by atoms with van der Waals surface area (Å²) < 4.78 is 23.8. The van der Waals surface area contributed by atoms with Gasteiger partial charge in [-0.05, 0) is 25.0 Å². The quantitative estimate of drug-likeness (QED) is 0.742. The SMILES string of the molecule is CCC(CCO)NC(=O)/C=C/S(=O)(=O)c1ccccc1. The number of aliphatic hydroxyl groups excluding tert-OH is 1. The molecule has 2 N–H and O–H groups in total. The number of carbonyl (C=O) groups is 1. The summed E-state index contributed by atoms with van der Waals surface area (Å²) in [6, 6.07) is 7.74. The van der Waals surface area contributed by atoms with Crippen LogP contribution in [0.5, 0.6) is 0 Å². The maximum atomic E-state index is 11.9. The molecule has 0 heterocycles. The number of rotatable bonds is 7. The molecule has 5 nitrogen and oxygen atoms in total. The van der Waals surface area contributed by atoms with E-state index in [4.69, 9.17) is 5.11 Å². The van der Waals surface area contributed by atoms with Crippen molar-refractivity contribution < 1.29 is 18.3 Å². The summed E-state index contributed by atoms with van der Waals surface area (Å²) in [6.07, 6.45) is 2.12. The zero-order valence-corrected chi connectivity index (χ0v) is 12.1. The monoisotopic (exact) mass is 297 g/mol. The van der Waals surface area contributed by atoms with E-state index in [-0.39, 0.29) is 17.5 Å². The predicted octanol–water partition coefficient (Wildman–Crippen LogP) is 1.25. The molecule has 0 bridgehead atoms. The molecule has 20 heavy (non-hydrogen) atoms. The lowest BCUT2D eigenvalue weighted by Gasteiger charge is -2.13. The Morgan fingerprint density at radius 3 is 2.55 bits per heavy atom. The number of amides is 1. The Bertz CT molecular complexity index is 552. The first-order valence-electron chi connectivity index (χ1n) is 6.39. The number of aliphatic hydroxyl groups is 1. The van der Waals surface area contributed by atoms with Crippen LogP contribution in [0.4, 0.5) is 0 Å². The number of nitrogens with one attached hydrogen (secondary N) is 1. The van der Waals surface area contributed by atoms with E-state index in [1.807, 2.05) is 6.92 Å². The number of hydrogen-bond acceptors (Lipinski definition) is 4. The van der Waals surface area contributed by atoms with Gasteiger partial charge in [-0.3, -0.25) is 4.79 Å². The van der Waals surface area contributed by atoms with Gasteiger partial charge in [-0.15, -0.1) is 0 Å². The largest absolute Gasteiger partial charge is 0.396 e. The molecule has 1 aromatic rings. The Hall–Kier alpha value is -1.66. The van der Waals surface area contributed by atoms with Crippen molar-refractivity contribution in [2.24, 2.45) is 0 Å². The van der Waals surface area contributed by atoms with E-state index >= 15 is 0 Å². The minimum atomic E-state index is -3.60. The zero-order valence-electron chi connectivity index (χ0n) is 11.3. The first-order valence-corrected chi connectivity index (χ1v) is 7.93. The molecule has 1 rings (SSSR count). The van der Waals surface area contributed by atoms with Gasteiger partial charge in [0.2, 0.25) is 5.91 Å². The van der Waals surface area contributed by atoms with Crippen molar-refractivity contribution in [1.29, 1.82) is 0 Å². The van der Waals surface area contributed by atoms with Gasteiger partial charge in [-0.1, -0.05) is 25.1 Å². The van der Waals surface area contributed by atoms with Crippen molar-refractivity contribution in [2.45, 2.75) is 30.7 Å². The lowest BCUT2D eigenvalue weighted by molar-refractivity contribution is -0.117. The second-order valence-electron chi connectivity index (χ2n) is 4.29. The average Bonchev–Trinajstić information content (AvgIpc) is 2.46. The molecule has 0 aliphatic carbocycles. The Morgan fingerprint density at radius 1 is 1.35 bits per heavy atom. The second kappa shape index (κ2) is 7.81. The van der Waals surface area contributed by atoms with Crippen molar-refractivity contribution >= 4 is 15.7 Å². The molecule has 0 aromatic heterocycles. The van der Waals surface area contributed by atoms with Crippen molar-refractivity contribution in [3.05, 3.63) is 41.8 Å². The smallest absolute Gasteiger partial charge is 0.244 e. The molecule has 0 aliphatic rings. The van der Waals surface area contributed by atoms with Crippen LogP contribution in [0.2, 0.25) is 0 Å². The van der Waals surface area contributed by atoms with Crippen LogP contribution < -0.4 is 5.32 Å². The summed E-state index contributed by atoms with van der Waals surface area (Å²) in [5, 5.41) is 12.4. The van der Waals surface area contributed by atoms with Crippen LogP contribution in [-0.2, 0) is 14.6 Å². The van der Waals surface area contributed by atoms with Gasteiger partial charge in [0.1, 0.15) is 0 Å². The van der Waals surface area contributed by atoms with Crippen LogP contribution >= 0.6 is 0 Å². The first-order chi connectivity index (χ1) is 9.49. The van der Waals surface area contributed by atoms with E-state index in [2.05, 4.69) is 5.32 Å². The third kappa shape index (κ3) is 5.14. The predicted molar refractivity (Wildman–Crippen MR) is 76.7 cm³/mol. The highest BCUT2D eigenvalue weighted by Gasteiger charge is 2.11.